The van der Waals surface area contributed by atoms with Gasteiger partial charge in [-0.1, -0.05) is 18.2 Å². The van der Waals surface area contributed by atoms with Crippen molar-refractivity contribution in [3.8, 4) is 0 Å². The zero-order valence-corrected chi connectivity index (χ0v) is 15.5. The zero-order chi connectivity index (χ0) is 18.7. The smallest absolute Gasteiger partial charge is 0.407 e. The molecule has 1 aromatic carbocycles. The molecule has 0 bridgehead atoms. The second-order valence-electron chi connectivity index (χ2n) is 7.74. The molecule has 1 aliphatic rings. The normalized spacial score (nSPS) is 15.9. The minimum absolute atomic E-state index is 0.0407. The molecule has 7 heteroatoms. The summed E-state index contributed by atoms with van der Waals surface area (Å²) in [5.74, 6) is 0.309. The molecule has 1 aliphatic heterocycles. The van der Waals surface area contributed by atoms with Gasteiger partial charge in [0, 0.05) is 25.0 Å². The average Bonchev–Trinajstić information content (AvgIpc) is 3.02. The summed E-state index contributed by atoms with van der Waals surface area (Å²) >= 11 is 0. The number of rotatable bonds is 3. The molecule has 0 unspecified atom stereocenters. The Hall–Kier alpha value is -2.57. The zero-order valence-electron chi connectivity index (χ0n) is 15.5. The number of alkyl carbamates (subject to hydrolysis) is 1. The molecule has 2 amide bonds. The van der Waals surface area contributed by atoms with Crippen LogP contribution in [0.2, 0.25) is 0 Å². The van der Waals surface area contributed by atoms with Crippen molar-refractivity contribution in [2.75, 3.05) is 19.6 Å². The lowest BCUT2D eigenvalue weighted by Gasteiger charge is -2.32. The monoisotopic (exact) mass is 358 g/mol. The quantitative estimate of drug-likeness (QED) is 0.883. The van der Waals surface area contributed by atoms with Crippen molar-refractivity contribution in [3.63, 3.8) is 0 Å². The van der Waals surface area contributed by atoms with Crippen LogP contribution in [0.15, 0.2) is 24.3 Å². The molecule has 2 N–H and O–H groups in total. The van der Waals surface area contributed by atoms with E-state index in [1.165, 1.54) is 0 Å². The van der Waals surface area contributed by atoms with Gasteiger partial charge in [0.1, 0.15) is 5.60 Å². The number of likely N-dealkylation sites (tertiary alicyclic amines) is 1. The maximum absolute atomic E-state index is 12.8. The van der Waals surface area contributed by atoms with Crippen LogP contribution in [0, 0.1) is 5.92 Å². The highest BCUT2D eigenvalue weighted by atomic mass is 16.6. The Morgan fingerprint density at radius 2 is 1.96 bits per heavy atom. The molecule has 2 heterocycles. The number of piperidine rings is 1. The Labute approximate surface area is 153 Å². The van der Waals surface area contributed by atoms with Crippen LogP contribution in [0.4, 0.5) is 4.79 Å². The Morgan fingerprint density at radius 3 is 2.65 bits per heavy atom. The predicted molar refractivity (Wildman–Crippen MR) is 99.0 cm³/mol. The number of H-pyrrole nitrogens is 1. The van der Waals surface area contributed by atoms with E-state index in [1.807, 2.05) is 49.9 Å². The number of hydrogen-bond acceptors (Lipinski definition) is 4. The second-order valence-corrected chi connectivity index (χ2v) is 7.74. The third kappa shape index (κ3) is 4.33. The lowest BCUT2D eigenvalue weighted by molar-refractivity contribution is 0.0500. The molecule has 3 rings (SSSR count). The van der Waals surface area contributed by atoms with Gasteiger partial charge in [-0.05, 0) is 45.6 Å². The topological polar surface area (TPSA) is 87.3 Å². The van der Waals surface area contributed by atoms with Gasteiger partial charge in [0.15, 0.2) is 5.69 Å². The Balaban J connectivity index is 1.51. The summed E-state index contributed by atoms with van der Waals surface area (Å²) in [6, 6.07) is 7.64. The maximum Gasteiger partial charge on any atom is 0.407 e. The molecule has 26 heavy (non-hydrogen) atoms. The number of nitrogens with zero attached hydrogens (tertiary/aromatic N) is 2. The van der Waals surface area contributed by atoms with Crippen LogP contribution < -0.4 is 5.32 Å². The first-order chi connectivity index (χ1) is 12.3. The van der Waals surface area contributed by atoms with Gasteiger partial charge in [0.25, 0.3) is 5.91 Å². The van der Waals surface area contributed by atoms with Gasteiger partial charge in [0.2, 0.25) is 0 Å². The molecular weight excluding hydrogens is 332 g/mol. The van der Waals surface area contributed by atoms with Crippen LogP contribution in [-0.4, -0.2) is 52.3 Å². The number of benzene rings is 1. The first kappa shape index (κ1) is 18.2. The number of hydrogen-bond donors (Lipinski definition) is 2. The van der Waals surface area contributed by atoms with E-state index in [1.54, 1.807) is 0 Å². The molecule has 0 radical (unpaired) electrons. The summed E-state index contributed by atoms with van der Waals surface area (Å²) in [7, 11) is 0. The van der Waals surface area contributed by atoms with Crippen molar-refractivity contribution >= 4 is 22.9 Å². The number of para-hydroxylation sites is 1. The standard InChI is InChI=1S/C19H26N4O3/c1-19(2,3)26-18(25)20-12-13-8-10-23(11-9-13)17(24)16-14-6-4-5-7-15(14)21-22-16/h4-7,13H,8-12H2,1-3H3,(H,20,25)(H,21,22). The fourth-order valence-corrected chi connectivity index (χ4v) is 3.16. The summed E-state index contributed by atoms with van der Waals surface area (Å²) in [6.07, 6.45) is 1.31. The van der Waals surface area contributed by atoms with E-state index in [0.717, 1.165) is 23.7 Å². The SMILES string of the molecule is CC(C)(C)OC(=O)NCC1CCN(C(=O)c2n[nH]c3ccccc23)CC1. The lowest BCUT2D eigenvalue weighted by atomic mass is 9.96. The van der Waals surface area contributed by atoms with Gasteiger partial charge in [-0.25, -0.2) is 4.79 Å². The van der Waals surface area contributed by atoms with E-state index >= 15 is 0 Å². The summed E-state index contributed by atoms with van der Waals surface area (Å²) < 4.78 is 5.25. The van der Waals surface area contributed by atoms with Gasteiger partial charge < -0.3 is 15.0 Å². The highest BCUT2D eigenvalue weighted by molar-refractivity contribution is 6.04. The number of amides is 2. The minimum Gasteiger partial charge on any atom is -0.444 e. The first-order valence-corrected chi connectivity index (χ1v) is 9.03. The number of nitrogens with one attached hydrogen (secondary N) is 2. The highest BCUT2D eigenvalue weighted by Crippen LogP contribution is 2.21. The minimum atomic E-state index is -0.494. The first-order valence-electron chi connectivity index (χ1n) is 9.03. The number of ether oxygens (including phenoxy) is 1. The molecule has 0 aliphatic carbocycles. The molecule has 0 saturated carbocycles. The van der Waals surface area contributed by atoms with Gasteiger partial charge >= 0.3 is 6.09 Å². The van der Waals surface area contributed by atoms with Crippen molar-refractivity contribution in [3.05, 3.63) is 30.0 Å². The molecule has 1 aromatic heterocycles. The number of fused-ring (bicyclic) bond motifs is 1. The molecule has 0 atom stereocenters. The Bertz CT molecular complexity index is 785. The van der Waals surface area contributed by atoms with Crippen LogP contribution in [0.1, 0.15) is 44.1 Å². The van der Waals surface area contributed by atoms with Crippen LogP contribution in [0.5, 0.6) is 0 Å². The molecule has 7 nitrogen and oxygen atoms in total. The summed E-state index contributed by atoms with van der Waals surface area (Å²) in [6.45, 7) is 7.43. The van der Waals surface area contributed by atoms with E-state index in [9.17, 15) is 9.59 Å². The van der Waals surface area contributed by atoms with Gasteiger partial charge in [-0.3, -0.25) is 9.89 Å². The fourth-order valence-electron chi connectivity index (χ4n) is 3.16. The van der Waals surface area contributed by atoms with Crippen molar-refractivity contribution in [2.45, 2.75) is 39.2 Å². The molecule has 140 valence electrons. The Kier molecular flexibility index (Phi) is 5.15. The average molecular weight is 358 g/mol. The maximum atomic E-state index is 12.8. The van der Waals surface area contributed by atoms with Crippen molar-refractivity contribution < 1.29 is 14.3 Å². The van der Waals surface area contributed by atoms with Gasteiger partial charge in [0.05, 0.1) is 5.52 Å². The van der Waals surface area contributed by atoms with Crippen molar-refractivity contribution in [1.82, 2.24) is 20.4 Å². The van der Waals surface area contributed by atoms with Crippen molar-refractivity contribution in [2.24, 2.45) is 5.92 Å². The fraction of sp³-hybridized carbons (Fsp3) is 0.526. The summed E-state index contributed by atoms with van der Waals surface area (Å²) in [4.78, 5) is 26.3. The third-order valence-electron chi connectivity index (χ3n) is 4.51. The van der Waals surface area contributed by atoms with Gasteiger partial charge in [-0.15, -0.1) is 0 Å². The number of aromatic amines is 1. The van der Waals surface area contributed by atoms with E-state index in [0.29, 0.717) is 31.2 Å². The molecule has 0 spiro atoms. The van der Waals surface area contributed by atoms with E-state index in [-0.39, 0.29) is 12.0 Å². The van der Waals surface area contributed by atoms with Gasteiger partial charge in [-0.2, -0.15) is 5.10 Å². The lowest BCUT2D eigenvalue weighted by Crippen LogP contribution is -2.42. The van der Waals surface area contributed by atoms with Crippen LogP contribution >= 0.6 is 0 Å². The summed E-state index contributed by atoms with van der Waals surface area (Å²) in [5, 5.41) is 10.8. The van der Waals surface area contributed by atoms with E-state index < -0.39 is 5.60 Å². The molecule has 2 aromatic rings. The predicted octanol–water partition coefficient (Wildman–Crippen LogP) is 2.94. The number of carbonyl (C=O) groups is 2. The molecule has 1 fully saturated rings. The highest BCUT2D eigenvalue weighted by Gasteiger charge is 2.26. The molecule has 1 saturated heterocycles. The molecular formula is C19H26N4O3. The third-order valence-corrected chi connectivity index (χ3v) is 4.51. The van der Waals surface area contributed by atoms with Crippen molar-refractivity contribution in [1.29, 1.82) is 0 Å². The Morgan fingerprint density at radius 1 is 1.27 bits per heavy atom. The van der Waals surface area contributed by atoms with Crippen LogP contribution in [-0.2, 0) is 4.74 Å². The largest absolute Gasteiger partial charge is 0.444 e. The van der Waals surface area contributed by atoms with Crippen LogP contribution in [0.25, 0.3) is 10.9 Å². The second kappa shape index (κ2) is 7.35. The van der Waals surface area contributed by atoms with Crippen LogP contribution in [0.3, 0.4) is 0 Å². The summed E-state index contributed by atoms with van der Waals surface area (Å²) in [5.41, 5.74) is 0.852. The van der Waals surface area contributed by atoms with E-state index in [4.69, 9.17) is 4.74 Å². The number of carbonyl (C=O) groups excluding carboxylic acids is 2. The number of aromatic nitrogens is 2. The van der Waals surface area contributed by atoms with E-state index in [2.05, 4.69) is 15.5 Å².